The lowest BCUT2D eigenvalue weighted by Crippen LogP contribution is -2.47. The summed E-state index contributed by atoms with van der Waals surface area (Å²) in [6.45, 7) is 3.11. The molecule has 1 aromatic rings. The summed E-state index contributed by atoms with van der Waals surface area (Å²) in [4.78, 5) is 0. The van der Waals surface area contributed by atoms with Crippen molar-refractivity contribution in [3.05, 3.63) is 28.2 Å². The summed E-state index contributed by atoms with van der Waals surface area (Å²) < 4.78 is 32.3. The number of nitrogens with one attached hydrogen (secondary N) is 1. The predicted molar refractivity (Wildman–Crippen MR) is 69.8 cm³/mol. The monoisotopic (exact) mass is 319 g/mol. The van der Waals surface area contributed by atoms with Gasteiger partial charge in [-0.2, -0.15) is 0 Å². The van der Waals surface area contributed by atoms with E-state index in [-0.39, 0.29) is 11.9 Å². The Morgan fingerprint density at radius 2 is 2.11 bits per heavy atom. The predicted octanol–water partition coefficient (Wildman–Crippen LogP) is 3.64. The van der Waals surface area contributed by atoms with Gasteiger partial charge in [-0.3, -0.25) is 0 Å². The quantitative estimate of drug-likeness (QED) is 0.894. The van der Waals surface area contributed by atoms with Crippen molar-refractivity contribution in [1.82, 2.24) is 5.32 Å². The van der Waals surface area contributed by atoms with Crippen molar-refractivity contribution in [2.45, 2.75) is 38.3 Å². The van der Waals surface area contributed by atoms with Crippen LogP contribution in [0.3, 0.4) is 0 Å². The molecule has 18 heavy (non-hydrogen) atoms. The maximum Gasteiger partial charge on any atom is 0.169 e. The molecule has 2 nitrogen and oxygen atoms in total. The molecule has 0 unspecified atom stereocenters. The molecule has 0 atom stereocenters. The van der Waals surface area contributed by atoms with Crippen LogP contribution < -0.4 is 10.1 Å². The standard InChI is InChI=1S/C13H16BrF2NO/c1-2-3-17-9-6-10(7-9)18-13-11(14)4-8(15)5-12(13)16/h4-5,9-10,17H,2-3,6-7H2,1H3. The zero-order valence-corrected chi connectivity index (χ0v) is 11.8. The van der Waals surface area contributed by atoms with Crippen LogP contribution in [0.5, 0.6) is 5.75 Å². The van der Waals surface area contributed by atoms with Crippen LogP contribution in [0, 0.1) is 11.6 Å². The van der Waals surface area contributed by atoms with Gasteiger partial charge in [0.25, 0.3) is 0 Å². The van der Waals surface area contributed by atoms with E-state index < -0.39 is 11.6 Å². The molecule has 0 heterocycles. The molecule has 1 aliphatic carbocycles. The highest BCUT2D eigenvalue weighted by atomic mass is 79.9. The van der Waals surface area contributed by atoms with E-state index in [1.807, 2.05) is 0 Å². The van der Waals surface area contributed by atoms with Crippen LogP contribution >= 0.6 is 15.9 Å². The molecule has 100 valence electrons. The second-order valence-corrected chi connectivity index (χ2v) is 5.42. The first kappa shape index (κ1) is 13.7. The molecular formula is C13H16BrF2NO. The summed E-state index contributed by atoms with van der Waals surface area (Å²) in [7, 11) is 0. The van der Waals surface area contributed by atoms with Crippen LogP contribution in [0.15, 0.2) is 16.6 Å². The average Bonchev–Trinajstić information content (AvgIpc) is 2.24. The van der Waals surface area contributed by atoms with Crippen molar-refractivity contribution in [2.24, 2.45) is 0 Å². The van der Waals surface area contributed by atoms with Gasteiger partial charge in [0.2, 0.25) is 0 Å². The first-order chi connectivity index (χ1) is 8.60. The van der Waals surface area contributed by atoms with Gasteiger partial charge in [0.15, 0.2) is 11.6 Å². The Kier molecular flexibility index (Phi) is 4.56. The van der Waals surface area contributed by atoms with Crippen molar-refractivity contribution in [3.63, 3.8) is 0 Å². The van der Waals surface area contributed by atoms with Crippen molar-refractivity contribution in [2.75, 3.05) is 6.54 Å². The van der Waals surface area contributed by atoms with Gasteiger partial charge in [0.05, 0.1) is 4.47 Å². The van der Waals surface area contributed by atoms with Crippen LogP contribution in [-0.2, 0) is 0 Å². The van der Waals surface area contributed by atoms with Gasteiger partial charge in [0, 0.05) is 12.1 Å². The van der Waals surface area contributed by atoms with Crippen LogP contribution in [0.1, 0.15) is 26.2 Å². The molecule has 5 heteroatoms. The van der Waals surface area contributed by atoms with Gasteiger partial charge in [0.1, 0.15) is 11.9 Å². The Bertz CT molecular complexity index is 398. The number of hydrogen-bond donors (Lipinski definition) is 1. The van der Waals surface area contributed by atoms with Crippen LogP contribution in [-0.4, -0.2) is 18.7 Å². The minimum atomic E-state index is -0.660. The normalized spacial score (nSPS) is 22.7. The fourth-order valence-corrected chi connectivity index (χ4v) is 2.49. The lowest BCUT2D eigenvalue weighted by atomic mass is 9.89. The van der Waals surface area contributed by atoms with Gasteiger partial charge in [-0.1, -0.05) is 6.92 Å². The van der Waals surface area contributed by atoms with E-state index >= 15 is 0 Å². The van der Waals surface area contributed by atoms with Gasteiger partial charge in [-0.05, 0) is 47.8 Å². The molecule has 1 saturated carbocycles. The first-order valence-corrected chi connectivity index (χ1v) is 6.94. The second kappa shape index (κ2) is 5.97. The third-order valence-electron chi connectivity index (χ3n) is 3.03. The van der Waals surface area contributed by atoms with E-state index in [1.54, 1.807) is 0 Å². The van der Waals surface area contributed by atoms with Crippen LogP contribution in [0.4, 0.5) is 8.78 Å². The largest absolute Gasteiger partial charge is 0.486 e. The summed E-state index contributed by atoms with van der Waals surface area (Å²) in [5.41, 5.74) is 0. The molecule has 0 spiro atoms. The number of ether oxygens (including phenoxy) is 1. The van der Waals surface area contributed by atoms with Gasteiger partial charge in [-0.25, -0.2) is 8.78 Å². The van der Waals surface area contributed by atoms with Gasteiger partial charge >= 0.3 is 0 Å². The van der Waals surface area contributed by atoms with E-state index in [9.17, 15) is 8.78 Å². The molecule has 0 aliphatic heterocycles. The van der Waals surface area contributed by atoms with Crippen molar-refractivity contribution in [1.29, 1.82) is 0 Å². The molecule has 2 rings (SSSR count). The van der Waals surface area contributed by atoms with E-state index in [0.29, 0.717) is 10.5 Å². The van der Waals surface area contributed by atoms with Crippen molar-refractivity contribution >= 4 is 15.9 Å². The lowest BCUT2D eigenvalue weighted by Gasteiger charge is -2.36. The molecular weight excluding hydrogens is 304 g/mol. The minimum Gasteiger partial charge on any atom is -0.486 e. The molecule has 1 fully saturated rings. The Morgan fingerprint density at radius 3 is 2.72 bits per heavy atom. The zero-order chi connectivity index (χ0) is 13.1. The fraction of sp³-hybridized carbons (Fsp3) is 0.538. The third kappa shape index (κ3) is 3.20. The molecule has 0 saturated heterocycles. The lowest BCUT2D eigenvalue weighted by molar-refractivity contribution is 0.0803. The number of hydrogen-bond acceptors (Lipinski definition) is 2. The topological polar surface area (TPSA) is 21.3 Å². The Labute approximate surface area is 114 Å². The highest BCUT2D eigenvalue weighted by Gasteiger charge is 2.31. The molecule has 0 radical (unpaired) electrons. The van der Waals surface area contributed by atoms with E-state index in [0.717, 1.165) is 31.9 Å². The molecule has 0 aromatic heterocycles. The summed E-state index contributed by atoms with van der Waals surface area (Å²) in [6.07, 6.45) is 2.84. The second-order valence-electron chi connectivity index (χ2n) is 4.56. The minimum absolute atomic E-state index is 0.00983. The van der Waals surface area contributed by atoms with E-state index in [4.69, 9.17) is 4.74 Å². The SMILES string of the molecule is CCCNC1CC(Oc2c(F)cc(F)cc2Br)C1. The summed E-state index contributed by atoms with van der Waals surface area (Å²) in [6, 6.07) is 2.51. The molecule has 1 aliphatic rings. The summed E-state index contributed by atoms with van der Waals surface area (Å²) >= 11 is 3.12. The highest BCUT2D eigenvalue weighted by Crippen LogP contribution is 2.33. The smallest absolute Gasteiger partial charge is 0.169 e. The molecule has 1 aromatic carbocycles. The first-order valence-electron chi connectivity index (χ1n) is 6.14. The van der Waals surface area contributed by atoms with Gasteiger partial charge < -0.3 is 10.1 Å². The Hall–Kier alpha value is -0.680. The van der Waals surface area contributed by atoms with E-state index in [2.05, 4.69) is 28.2 Å². The Morgan fingerprint density at radius 1 is 1.39 bits per heavy atom. The van der Waals surface area contributed by atoms with Crippen LogP contribution in [0.2, 0.25) is 0 Å². The highest BCUT2D eigenvalue weighted by molar-refractivity contribution is 9.10. The fourth-order valence-electron chi connectivity index (χ4n) is 1.99. The molecule has 1 N–H and O–H groups in total. The zero-order valence-electron chi connectivity index (χ0n) is 10.2. The van der Waals surface area contributed by atoms with E-state index in [1.165, 1.54) is 6.07 Å². The third-order valence-corrected chi connectivity index (χ3v) is 3.61. The summed E-state index contributed by atoms with van der Waals surface area (Å²) in [5.74, 6) is -1.16. The van der Waals surface area contributed by atoms with Crippen molar-refractivity contribution in [3.8, 4) is 5.75 Å². The average molecular weight is 320 g/mol. The molecule has 0 amide bonds. The van der Waals surface area contributed by atoms with Gasteiger partial charge in [-0.15, -0.1) is 0 Å². The maximum atomic E-state index is 13.5. The Balaban J connectivity index is 1.89. The molecule has 0 bridgehead atoms. The number of benzene rings is 1. The maximum absolute atomic E-state index is 13.5. The van der Waals surface area contributed by atoms with Crippen molar-refractivity contribution < 1.29 is 13.5 Å². The summed E-state index contributed by atoms with van der Waals surface area (Å²) in [5, 5.41) is 3.38. The van der Waals surface area contributed by atoms with Crippen LogP contribution in [0.25, 0.3) is 0 Å². The number of rotatable bonds is 5. The number of halogens is 3.